The maximum Gasteiger partial charge on any atom is 0.191 e. The Kier molecular flexibility index (Phi) is 9.04. The fourth-order valence-corrected chi connectivity index (χ4v) is 4.61. The standard InChI is InChI=1S/C21H33BrN4O.HI/c1-4-23-19(25-16-21(26(2)3)11-13-27-14-12-21)24-15-20(9-10-20)17-7-5-6-8-18(17)22;/h5-8H,4,9-16H2,1-3H3,(H2,23,24,25);1H. The zero-order chi connectivity index (χ0) is 19.3. The van der Waals surface area contributed by atoms with E-state index in [4.69, 9.17) is 9.73 Å². The zero-order valence-electron chi connectivity index (χ0n) is 17.3. The number of guanidine groups is 1. The molecule has 2 aliphatic rings. The molecule has 0 aromatic heterocycles. The lowest BCUT2D eigenvalue weighted by Crippen LogP contribution is -2.52. The third kappa shape index (κ3) is 5.61. The van der Waals surface area contributed by atoms with Crippen LogP contribution in [0.2, 0.25) is 0 Å². The van der Waals surface area contributed by atoms with E-state index in [1.807, 2.05) is 0 Å². The van der Waals surface area contributed by atoms with Gasteiger partial charge in [0.05, 0.1) is 6.54 Å². The van der Waals surface area contributed by atoms with Gasteiger partial charge in [0.2, 0.25) is 0 Å². The van der Waals surface area contributed by atoms with Crippen LogP contribution in [0, 0.1) is 0 Å². The van der Waals surface area contributed by atoms with E-state index in [9.17, 15) is 0 Å². The fraction of sp³-hybridized carbons (Fsp3) is 0.667. The largest absolute Gasteiger partial charge is 0.381 e. The molecule has 1 saturated heterocycles. The highest BCUT2D eigenvalue weighted by molar-refractivity contribution is 14.0. The molecule has 0 radical (unpaired) electrons. The molecule has 0 bridgehead atoms. The SMILES string of the molecule is CCNC(=NCC1(N(C)C)CCOCC1)NCC1(c2ccccc2Br)CC1.I. The third-order valence-electron chi connectivity index (χ3n) is 6.14. The van der Waals surface area contributed by atoms with Crippen molar-refractivity contribution in [2.45, 2.75) is 43.6 Å². The first-order valence-corrected chi connectivity index (χ1v) is 10.8. The number of ether oxygens (including phenoxy) is 1. The maximum absolute atomic E-state index is 5.58. The van der Waals surface area contributed by atoms with E-state index in [0.29, 0.717) is 0 Å². The molecular weight excluding hydrogens is 531 g/mol. The molecule has 0 unspecified atom stereocenters. The van der Waals surface area contributed by atoms with Crippen molar-refractivity contribution in [2.75, 3.05) is 46.9 Å². The number of hydrogen-bond acceptors (Lipinski definition) is 3. The van der Waals surface area contributed by atoms with Crippen LogP contribution in [0.4, 0.5) is 0 Å². The van der Waals surface area contributed by atoms with Crippen molar-refractivity contribution in [1.29, 1.82) is 0 Å². The summed E-state index contributed by atoms with van der Waals surface area (Å²) in [5.41, 5.74) is 1.73. The number of rotatable bonds is 7. The summed E-state index contributed by atoms with van der Waals surface area (Å²) in [5, 5.41) is 7.04. The number of nitrogens with one attached hydrogen (secondary N) is 2. The molecule has 1 aliphatic heterocycles. The monoisotopic (exact) mass is 564 g/mol. The molecule has 1 aromatic rings. The van der Waals surface area contributed by atoms with E-state index in [2.05, 4.69) is 76.7 Å². The van der Waals surface area contributed by atoms with Crippen molar-refractivity contribution in [3.63, 3.8) is 0 Å². The van der Waals surface area contributed by atoms with Crippen LogP contribution in [0.5, 0.6) is 0 Å². The van der Waals surface area contributed by atoms with Crippen LogP contribution in [0.3, 0.4) is 0 Å². The summed E-state index contributed by atoms with van der Waals surface area (Å²) in [6, 6.07) is 8.59. The summed E-state index contributed by atoms with van der Waals surface area (Å²) in [4.78, 5) is 7.29. The summed E-state index contributed by atoms with van der Waals surface area (Å²) in [6.07, 6.45) is 4.51. The van der Waals surface area contributed by atoms with E-state index in [1.165, 1.54) is 22.9 Å². The average molecular weight is 565 g/mol. The lowest BCUT2D eigenvalue weighted by molar-refractivity contribution is -0.00254. The van der Waals surface area contributed by atoms with Crippen molar-refractivity contribution in [1.82, 2.24) is 15.5 Å². The summed E-state index contributed by atoms with van der Waals surface area (Å²) in [7, 11) is 4.32. The molecule has 2 N–H and O–H groups in total. The van der Waals surface area contributed by atoms with Gasteiger partial charge < -0.3 is 20.3 Å². The van der Waals surface area contributed by atoms with Gasteiger partial charge in [-0.2, -0.15) is 0 Å². The molecule has 1 aliphatic carbocycles. The Morgan fingerprint density at radius 1 is 1.14 bits per heavy atom. The number of likely N-dealkylation sites (N-methyl/N-ethyl adjacent to an activating group) is 1. The molecule has 1 saturated carbocycles. The Morgan fingerprint density at radius 3 is 2.39 bits per heavy atom. The minimum atomic E-state index is 0. The van der Waals surface area contributed by atoms with E-state index >= 15 is 0 Å². The Balaban J connectivity index is 0.00000280. The van der Waals surface area contributed by atoms with Gasteiger partial charge in [-0.05, 0) is 58.3 Å². The van der Waals surface area contributed by atoms with Crippen molar-refractivity contribution in [3.8, 4) is 0 Å². The first kappa shape index (κ1) is 23.9. The molecule has 1 heterocycles. The van der Waals surface area contributed by atoms with Crippen LogP contribution in [0.25, 0.3) is 0 Å². The predicted octanol–water partition coefficient (Wildman–Crippen LogP) is 3.76. The van der Waals surface area contributed by atoms with Gasteiger partial charge in [-0.1, -0.05) is 34.1 Å². The van der Waals surface area contributed by atoms with Crippen molar-refractivity contribution >= 4 is 45.9 Å². The summed E-state index contributed by atoms with van der Waals surface area (Å²) in [6.45, 7) is 6.34. The normalized spacial score (nSPS) is 20.4. The van der Waals surface area contributed by atoms with Gasteiger partial charge >= 0.3 is 0 Å². The van der Waals surface area contributed by atoms with Crippen molar-refractivity contribution in [3.05, 3.63) is 34.3 Å². The Hall–Kier alpha value is -0.380. The number of nitrogens with zero attached hydrogens (tertiary/aromatic N) is 2. The maximum atomic E-state index is 5.58. The smallest absolute Gasteiger partial charge is 0.191 e. The lowest BCUT2D eigenvalue weighted by atomic mass is 9.89. The highest BCUT2D eigenvalue weighted by Gasteiger charge is 2.45. The molecule has 1 aromatic carbocycles. The summed E-state index contributed by atoms with van der Waals surface area (Å²) < 4.78 is 6.79. The van der Waals surface area contributed by atoms with Crippen molar-refractivity contribution in [2.24, 2.45) is 4.99 Å². The second-order valence-corrected chi connectivity index (χ2v) is 8.89. The highest BCUT2D eigenvalue weighted by atomic mass is 127. The summed E-state index contributed by atoms with van der Waals surface area (Å²) in [5.74, 6) is 0.920. The zero-order valence-corrected chi connectivity index (χ0v) is 21.2. The predicted molar refractivity (Wildman–Crippen MR) is 131 cm³/mol. The van der Waals surface area contributed by atoms with Gasteiger partial charge in [-0.25, -0.2) is 0 Å². The van der Waals surface area contributed by atoms with Gasteiger partial charge in [0.25, 0.3) is 0 Å². The molecule has 0 spiro atoms. The average Bonchev–Trinajstić information content (AvgIpc) is 3.46. The van der Waals surface area contributed by atoms with Crippen LogP contribution in [0.15, 0.2) is 33.7 Å². The Bertz CT molecular complexity index is 658. The molecule has 3 rings (SSSR count). The van der Waals surface area contributed by atoms with Crippen molar-refractivity contribution < 1.29 is 4.74 Å². The van der Waals surface area contributed by atoms with E-state index < -0.39 is 0 Å². The topological polar surface area (TPSA) is 48.9 Å². The fourth-order valence-electron chi connectivity index (χ4n) is 3.90. The lowest BCUT2D eigenvalue weighted by Gasteiger charge is -2.41. The molecule has 28 heavy (non-hydrogen) atoms. The third-order valence-corrected chi connectivity index (χ3v) is 6.83. The van der Waals surface area contributed by atoms with E-state index in [1.54, 1.807) is 0 Å². The summed E-state index contributed by atoms with van der Waals surface area (Å²) >= 11 is 3.72. The second-order valence-electron chi connectivity index (χ2n) is 8.04. The van der Waals surface area contributed by atoms with Gasteiger partial charge in [-0.15, -0.1) is 24.0 Å². The highest BCUT2D eigenvalue weighted by Crippen LogP contribution is 2.49. The number of halogens is 2. The van der Waals surface area contributed by atoms with Crippen LogP contribution in [-0.4, -0.2) is 63.3 Å². The number of benzene rings is 1. The van der Waals surface area contributed by atoms with Gasteiger partial charge in [0.1, 0.15) is 0 Å². The van der Waals surface area contributed by atoms with E-state index in [-0.39, 0.29) is 34.9 Å². The first-order valence-electron chi connectivity index (χ1n) is 10.0. The minimum Gasteiger partial charge on any atom is -0.381 e. The van der Waals surface area contributed by atoms with Gasteiger partial charge in [0, 0.05) is 41.7 Å². The van der Waals surface area contributed by atoms with Crippen LogP contribution in [0.1, 0.15) is 38.2 Å². The van der Waals surface area contributed by atoms with E-state index in [0.717, 1.165) is 51.6 Å². The van der Waals surface area contributed by atoms with Crippen LogP contribution < -0.4 is 10.6 Å². The molecule has 0 atom stereocenters. The number of hydrogen-bond donors (Lipinski definition) is 2. The molecule has 158 valence electrons. The molecule has 5 nitrogen and oxygen atoms in total. The Morgan fingerprint density at radius 2 is 1.82 bits per heavy atom. The molecule has 7 heteroatoms. The molecule has 2 fully saturated rings. The molecular formula is C21H34BrIN4O. The molecule has 0 amide bonds. The van der Waals surface area contributed by atoms with Gasteiger partial charge in [-0.3, -0.25) is 4.99 Å². The quantitative estimate of drug-likeness (QED) is 0.301. The first-order chi connectivity index (χ1) is 13.0. The minimum absolute atomic E-state index is 0. The number of aliphatic imine (C=N–C) groups is 1. The van der Waals surface area contributed by atoms with Crippen LogP contribution in [-0.2, 0) is 10.2 Å². The Labute approximate surface area is 195 Å². The van der Waals surface area contributed by atoms with Gasteiger partial charge in [0.15, 0.2) is 5.96 Å². The van der Waals surface area contributed by atoms with Crippen LogP contribution >= 0.6 is 39.9 Å². The second kappa shape index (κ2) is 10.6.